The Bertz CT molecular complexity index is 593. The molecule has 5 nitrogen and oxygen atoms in total. The van der Waals surface area contributed by atoms with Crippen LogP contribution in [0.3, 0.4) is 0 Å². The molecule has 2 rings (SSSR count). The SMILES string of the molecule is CN(C)CCNC(=O)Cc1cc(-c2ccc(F)cc2)on1. The smallest absolute Gasteiger partial charge is 0.226 e. The number of hydrogen-bond acceptors (Lipinski definition) is 4. The standard InChI is InChI=1S/C15H18FN3O2/c1-19(2)8-7-17-15(20)10-13-9-14(21-18-13)11-3-5-12(16)6-4-11/h3-6,9H,7-8,10H2,1-2H3,(H,17,20). The molecule has 0 saturated heterocycles. The summed E-state index contributed by atoms with van der Waals surface area (Å²) in [4.78, 5) is 13.7. The van der Waals surface area contributed by atoms with Crippen LogP contribution in [0.5, 0.6) is 0 Å². The second-order valence-corrected chi connectivity index (χ2v) is 5.02. The van der Waals surface area contributed by atoms with Gasteiger partial charge < -0.3 is 14.7 Å². The van der Waals surface area contributed by atoms with Crippen molar-refractivity contribution in [1.82, 2.24) is 15.4 Å². The van der Waals surface area contributed by atoms with E-state index in [4.69, 9.17) is 4.52 Å². The van der Waals surface area contributed by atoms with Crippen LogP contribution in [0.1, 0.15) is 5.69 Å². The van der Waals surface area contributed by atoms with Crippen LogP contribution in [0.25, 0.3) is 11.3 Å². The van der Waals surface area contributed by atoms with Gasteiger partial charge in [-0.1, -0.05) is 5.16 Å². The first-order valence-electron chi connectivity index (χ1n) is 6.67. The summed E-state index contributed by atoms with van der Waals surface area (Å²) in [6, 6.07) is 7.61. The number of benzene rings is 1. The molecule has 1 aromatic carbocycles. The van der Waals surface area contributed by atoms with Crippen LogP contribution >= 0.6 is 0 Å². The summed E-state index contributed by atoms with van der Waals surface area (Å²) in [6.45, 7) is 1.37. The van der Waals surface area contributed by atoms with Crippen LogP contribution in [0.2, 0.25) is 0 Å². The third-order valence-electron chi connectivity index (χ3n) is 2.91. The molecule has 1 N–H and O–H groups in total. The summed E-state index contributed by atoms with van der Waals surface area (Å²) in [5, 5.41) is 6.67. The Labute approximate surface area is 122 Å². The van der Waals surface area contributed by atoms with Crippen molar-refractivity contribution in [3.8, 4) is 11.3 Å². The van der Waals surface area contributed by atoms with Gasteiger partial charge in [0.25, 0.3) is 0 Å². The van der Waals surface area contributed by atoms with E-state index in [0.29, 0.717) is 18.0 Å². The van der Waals surface area contributed by atoms with Crippen LogP contribution in [-0.4, -0.2) is 43.1 Å². The quantitative estimate of drug-likeness (QED) is 0.880. The Morgan fingerprint density at radius 1 is 1.33 bits per heavy atom. The molecule has 0 radical (unpaired) electrons. The summed E-state index contributed by atoms with van der Waals surface area (Å²) in [7, 11) is 3.89. The fourth-order valence-corrected chi connectivity index (χ4v) is 1.79. The summed E-state index contributed by atoms with van der Waals surface area (Å²) in [5.74, 6) is 0.112. The summed E-state index contributed by atoms with van der Waals surface area (Å²) in [6.07, 6.45) is 0.165. The minimum atomic E-state index is -0.307. The highest BCUT2D eigenvalue weighted by molar-refractivity contribution is 5.78. The van der Waals surface area contributed by atoms with E-state index in [2.05, 4.69) is 10.5 Å². The van der Waals surface area contributed by atoms with E-state index < -0.39 is 0 Å². The third-order valence-corrected chi connectivity index (χ3v) is 2.91. The van der Waals surface area contributed by atoms with Crippen molar-refractivity contribution in [3.63, 3.8) is 0 Å². The molecule has 0 atom stereocenters. The Kier molecular flexibility index (Phi) is 5.05. The zero-order valence-electron chi connectivity index (χ0n) is 12.1. The van der Waals surface area contributed by atoms with Gasteiger partial charge in [-0.2, -0.15) is 0 Å². The largest absolute Gasteiger partial charge is 0.356 e. The van der Waals surface area contributed by atoms with Crippen LogP contribution < -0.4 is 5.32 Å². The number of carbonyl (C=O) groups is 1. The molecule has 0 fully saturated rings. The number of hydrogen-bond donors (Lipinski definition) is 1. The number of aromatic nitrogens is 1. The van der Waals surface area contributed by atoms with E-state index in [-0.39, 0.29) is 18.1 Å². The van der Waals surface area contributed by atoms with Crippen molar-refractivity contribution in [2.24, 2.45) is 0 Å². The van der Waals surface area contributed by atoms with Gasteiger partial charge in [-0.15, -0.1) is 0 Å². The summed E-state index contributed by atoms with van der Waals surface area (Å²) >= 11 is 0. The Morgan fingerprint density at radius 3 is 2.71 bits per heavy atom. The monoisotopic (exact) mass is 291 g/mol. The maximum Gasteiger partial charge on any atom is 0.226 e. The van der Waals surface area contributed by atoms with Gasteiger partial charge in [-0.05, 0) is 38.4 Å². The van der Waals surface area contributed by atoms with E-state index in [0.717, 1.165) is 12.1 Å². The van der Waals surface area contributed by atoms with Crippen molar-refractivity contribution in [2.45, 2.75) is 6.42 Å². The molecule has 0 saturated carbocycles. The molecule has 1 heterocycles. The molecule has 1 amide bonds. The fraction of sp³-hybridized carbons (Fsp3) is 0.333. The van der Waals surface area contributed by atoms with Crippen molar-refractivity contribution in [2.75, 3.05) is 27.2 Å². The molecule has 0 unspecified atom stereocenters. The van der Waals surface area contributed by atoms with Crippen LogP contribution in [0, 0.1) is 5.82 Å². The molecule has 6 heteroatoms. The van der Waals surface area contributed by atoms with Gasteiger partial charge in [0.05, 0.1) is 12.1 Å². The van der Waals surface area contributed by atoms with Gasteiger partial charge in [0.2, 0.25) is 5.91 Å². The zero-order chi connectivity index (χ0) is 15.2. The molecule has 1 aromatic heterocycles. The number of rotatable bonds is 6. The summed E-state index contributed by atoms with van der Waals surface area (Å²) in [5.41, 5.74) is 1.28. The molecule has 0 aliphatic heterocycles. The van der Waals surface area contributed by atoms with Gasteiger partial charge in [0.1, 0.15) is 5.82 Å². The fourth-order valence-electron chi connectivity index (χ4n) is 1.79. The molecule has 0 aliphatic rings. The number of nitrogens with one attached hydrogen (secondary N) is 1. The Balaban J connectivity index is 1.91. The molecule has 112 valence electrons. The molecular weight excluding hydrogens is 273 g/mol. The van der Waals surface area contributed by atoms with E-state index in [1.54, 1.807) is 18.2 Å². The first-order valence-corrected chi connectivity index (χ1v) is 6.67. The molecule has 0 spiro atoms. The van der Waals surface area contributed by atoms with Crippen LogP contribution in [0.15, 0.2) is 34.9 Å². The van der Waals surface area contributed by atoms with E-state index >= 15 is 0 Å². The van der Waals surface area contributed by atoms with E-state index in [1.165, 1.54) is 12.1 Å². The lowest BCUT2D eigenvalue weighted by Gasteiger charge is -2.09. The number of amides is 1. The molecule has 0 aliphatic carbocycles. The van der Waals surface area contributed by atoms with E-state index in [9.17, 15) is 9.18 Å². The number of carbonyl (C=O) groups excluding carboxylic acids is 1. The molecule has 2 aromatic rings. The predicted molar refractivity (Wildman–Crippen MR) is 77.2 cm³/mol. The predicted octanol–water partition coefficient (Wildman–Crippen LogP) is 1.70. The lowest BCUT2D eigenvalue weighted by molar-refractivity contribution is -0.120. The Hall–Kier alpha value is -2.21. The van der Waals surface area contributed by atoms with Gasteiger partial charge in [-0.3, -0.25) is 4.79 Å². The van der Waals surface area contributed by atoms with Gasteiger partial charge in [0, 0.05) is 24.7 Å². The lowest BCUT2D eigenvalue weighted by atomic mass is 10.1. The maximum atomic E-state index is 12.9. The number of likely N-dealkylation sites (N-methyl/N-ethyl adjacent to an activating group) is 1. The average molecular weight is 291 g/mol. The minimum absolute atomic E-state index is 0.101. The van der Waals surface area contributed by atoms with E-state index in [1.807, 2.05) is 19.0 Å². The number of nitrogens with zero attached hydrogens (tertiary/aromatic N) is 2. The first-order chi connectivity index (χ1) is 10.0. The van der Waals surface area contributed by atoms with Gasteiger partial charge in [0.15, 0.2) is 5.76 Å². The summed E-state index contributed by atoms with van der Waals surface area (Å²) < 4.78 is 18.0. The van der Waals surface area contributed by atoms with Crippen LogP contribution in [0.4, 0.5) is 4.39 Å². The van der Waals surface area contributed by atoms with Crippen molar-refractivity contribution in [3.05, 3.63) is 41.8 Å². The normalized spacial score (nSPS) is 10.9. The van der Waals surface area contributed by atoms with Crippen molar-refractivity contribution >= 4 is 5.91 Å². The highest BCUT2D eigenvalue weighted by Crippen LogP contribution is 2.20. The average Bonchev–Trinajstić information content (AvgIpc) is 2.87. The van der Waals surface area contributed by atoms with Crippen molar-refractivity contribution < 1.29 is 13.7 Å². The van der Waals surface area contributed by atoms with Crippen LogP contribution in [-0.2, 0) is 11.2 Å². The first kappa shape index (κ1) is 15.2. The maximum absolute atomic E-state index is 12.9. The molecular formula is C15H18FN3O2. The van der Waals surface area contributed by atoms with Gasteiger partial charge in [-0.25, -0.2) is 4.39 Å². The minimum Gasteiger partial charge on any atom is -0.356 e. The molecule has 0 bridgehead atoms. The highest BCUT2D eigenvalue weighted by Gasteiger charge is 2.10. The highest BCUT2D eigenvalue weighted by atomic mass is 19.1. The van der Waals surface area contributed by atoms with Crippen molar-refractivity contribution in [1.29, 1.82) is 0 Å². The zero-order valence-corrected chi connectivity index (χ0v) is 12.1. The second-order valence-electron chi connectivity index (χ2n) is 5.02. The molecule has 21 heavy (non-hydrogen) atoms. The third kappa shape index (κ3) is 4.68. The Morgan fingerprint density at radius 2 is 2.05 bits per heavy atom. The number of halogens is 1. The lowest BCUT2D eigenvalue weighted by Crippen LogP contribution is -2.32. The second kappa shape index (κ2) is 6.99. The van der Waals surface area contributed by atoms with Gasteiger partial charge >= 0.3 is 0 Å². The topological polar surface area (TPSA) is 58.4 Å².